The molecule has 2 saturated heterocycles. The van der Waals surface area contributed by atoms with Crippen LogP contribution in [-0.4, -0.2) is 102 Å². The van der Waals surface area contributed by atoms with Gasteiger partial charge in [0.1, 0.15) is 11.3 Å². The number of carbonyl (C=O) groups is 3. The number of amides is 5. The molecule has 5 amide bonds. The van der Waals surface area contributed by atoms with E-state index < -0.39 is 41.2 Å². The Balaban J connectivity index is 0.000000176. The first-order valence-corrected chi connectivity index (χ1v) is 26.4. The smallest absolute Gasteiger partial charge is 0.416 e. The minimum Gasteiger partial charge on any atom is -0.444 e. The van der Waals surface area contributed by atoms with Crippen molar-refractivity contribution >= 4 is 52.5 Å². The number of benzene rings is 4. The molecule has 2 atom stereocenters. The highest BCUT2D eigenvalue weighted by molar-refractivity contribution is 6.06. The lowest BCUT2D eigenvalue weighted by molar-refractivity contribution is -0.138. The number of rotatable bonds is 9. The van der Waals surface area contributed by atoms with E-state index in [2.05, 4.69) is 46.4 Å². The lowest BCUT2D eigenvalue weighted by Gasteiger charge is -2.36. The molecule has 428 valence electrons. The SMILES string of the molecule is CC(C)(C)OC(=O)NCc1cn(-c2cccc(NC(=O)N3c4nc(-c5cccc(C(F)(F)F)c5)ccc4N4CC[C@H]3C4)c2)nn1.NCc1cn(-c2cccc(NC(=O)N3c4nc(-c5cccc(C(F)(F)F)c5)ccc4N4CC[C@H]3C4)c2)nn1. The number of hydrogen-bond acceptors (Lipinski definition) is 13. The fraction of sp³-hybridized carbons (Fsp3) is 0.281. The third-order valence-electron chi connectivity index (χ3n) is 14.1. The van der Waals surface area contributed by atoms with E-state index in [1.54, 1.807) is 120 Å². The maximum absolute atomic E-state index is 13.8. The van der Waals surface area contributed by atoms with Crippen molar-refractivity contribution in [2.24, 2.45) is 5.73 Å². The van der Waals surface area contributed by atoms with Crippen LogP contribution in [0.1, 0.15) is 56.1 Å². The summed E-state index contributed by atoms with van der Waals surface area (Å²) in [6.07, 6.45) is -4.67. The van der Waals surface area contributed by atoms with Crippen LogP contribution < -0.4 is 41.3 Å². The van der Waals surface area contributed by atoms with Crippen LogP contribution in [-0.2, 0) is 30.2 Å². The molecule has 0 aliphatic carbocycles. The van der Waals surface area contributed by atoms with Gasteiger partial charge < -0.3 is 36.2 Å². The number of alkyl carbamates (subject to hydrolysis) is 1. The Kier molecular flexibility index (Phi) is 14.7. The fourth-order valence-corrected chi connectivity index (χ4v) is 10.3. The van der Waals surface area contributed by atoms with Crippen LogP contribution in [0.4, 0.5) is 75.1 Å². The van der Waals surface area contributed by atoms with E-state index in [0.29, 0.717) is 81.4 Å². The molecule has 26 heteroatoms. The van der Waals surface area contributed by atoms with Gasteiger partial charge in [0, 0.05) is 55.2 Å². The number of halogens is 6. The van der Waals surface area contributed by atoms with E-state index in [-0.39, 0.29) is 31.2 Å². The molecule has 2 fully saturated rings. The van der Waals surface area contributed by atoms with Crippen molar-refractivity contribution in [1.82, 2.24) is 45.3 Å². The number of nitrogens with one attached hydrogen (secondary N) is 3. The molecule has 83 heavy (non-hydrogen) atoms. The highest BCUT2D eigenvalue weighted by Crippen LogP contribution is 2.43. The second-order valence-electron chi connectivity index (χ2n) is 21.1. The van der Waals surface area contributed by atoms with Crippen molar-refractivity contribution in [1.29, 1.82) is 0 Å². The first kappa shape index (κ1) is 55.3. The average molecular weight is 1140 g/mol. The second-order valence-corrected chi connectivity index (χ2v) is 21.1. The maximum atomic E-state index is 13.8. The Morgan fingerprint density at radius 2 is 1.06 bits per heavy atom. The predicted octanol–water partition coefficient (Wildman–Crippen LogP) is 10.4. The molecule has 4 bridgehead atoms. The van der Waals surface area contributed by atoms with Crippen LogP contribution >= 0.6 is 0 Å². The number of carbonyl (C=O) groups excluding carboxylic acids is 3. The lowest BCUT2D eigenvalue weighted by Crippen LogP contribution is -2.48. The number of aromatic nitrogens is 8. The minimum absolute atomic E-state index is 0.114. The van der Waals surface area contributed by atoms with Gasteiger partial charge >= 0.3 is 30.5 Å². The highest BCUT2D eigenvalue weighted by Gasteiger charge is 2.42. The molecule has 0 saturated carbocycles. The molecule has 20 nitrogen and oxygen atoms in total. The van der Waals surface area contributed by atoms with E-state index in [1.165, 1.54) is 16.8 Å². The summed E-state index contributed by atoms with van der Waals surface area (Å²) in [5.41, 5.74) is 9.85. The number of nitrogens with two attached hydrogens (primary N) is 1. The number of alkyl halides is 6. The lowest BCUT2D eigenvalue weighted by atomic mass is 10.1. The summed E-state index contributed by atoms with van der Waals surface area (Å²) >= 11 is 0. The number of pyridine rings is 2. The van der Waals surface area contributed by atoms with Gasteiger partial charge in [-0.15, -0.1) is 10.2 Å². The van der Waals surface area contributed by atoms with E-state index in [4.69, 9.17) is 20.4 Å². The van der Waals surface area contributed by atoms with E-state index in [0.717, 1.165) is 61.6 Å². The Hall–Kier alpha value is -9.59. The van der Waals surface area contributed by atoms with Crippen LogP contribution in [0.15, 0.2) is 134 Å². The van der Waals surface area contributed by atoms with Crippen molar-refractivity contribution in [2.75, 3.05) is 56.4 Å². The number of hydrogen-bond donors (Lipinski definition) is 4. The number of urea groups is 2. The zero-order valence-corrected chi connectivity index (χ0v) is 44.9. The molecule has 4 aliphatic rings. The molecule has 8 aromatic rings. The summed E-state index contributed by atoms with van der Waals surface area (Å²) < 4.78 is 88.4. The quantitative estimate of drug-likeness (QED) is 0.0989. The zero-order valence-electron chi connectivity index (χ0n) is 44.9. The molecule has 0 spiro atoms. The van der Waals surface area contributed by atoms with Gasteiger partial charge in [0.05, 0.1) is 82.0 Å². The molecular weight excluding hydrogens is 1090 g/mol. The van der Waals surface area contributed by atoms with Crippen molar-refractivity contribution in [3.05, 3.63) is 156 Å². The Bertz CT molecular complexity index is 3750. The molecule has 12 rings (SSSR count). The summed E-state index contributed by atoms with van der Waals surface area (Å²) in [7, 11) is 0. The molecule has 4 aliphatic heterocycles. The minimum atomic E-state index is -4.49. The molecular formula is C57H54F6N16O4. The molecule has 0 unspecified atom stereocenters. The monoisotopic (exact) mass is 1140 g/mol. The van der Waals surface area contributed by atoms with Crippen LogP contribution in [0, 0.1) is 0 Å². The predicted molar refractivity (Wildman–Crippen MR) is 297 cm³/mol. The van der Waals surface area contributed by atoms with Crippen LogP contribution in [0.25, 0.3) is 33.9 Å². The van der Waals surface area contributed by atoms with E-state index in [1.807, 2.05) is 12.1 Å². The number of anilines is 6. The maximum Gasteiger partial charge on any atom is 0.416 e. The van der Waals surface area contributed by atoms with Gasteiger partial charge in [0.25, 0.3) is 0 Å². The average Bonchev–Trinajstić information content (AvgIpc) is 4.40. The van der Waals surface area contributed by atoms with E-state index >= 15 is 0 Å². The molecule has 4 aromatic heterocycles. The number of nitrogens with zero attached hydrogens (tertiary/aromatic N) is 12. The van der Waals surface area contributed by atoms with Gasteiger partial charge in [0.2, 0.25) is 0 Å². The van der Waals surface area contributed by atoms with Crippen LogP contribution in [0.3, 0.4) is 0 Å². The Morgan fingerprint density at radius 1 is 0.602 bits per heavy atom. The van der Waals surface area contributed by atoms with Gasteiger partial charge in [0.15, 0.2) is 11.6 Å². The van der Waals surface area contributed by atoms with Crippen molar-refractivity contribution < 1.29 is 45.5 Å². The van der Waals surface area contributed by atoms with Crippen molar-refractivity contribution in [3.63, 3.8) is 0 Å². The van der Waals surface area contributed by atoms with Gasteiger partial charge in [-0.3, -0.25) is 9.80 Å². The normalized spacial score (nSPS) is 16.2. The first-order valence-electron chi connectivity index (χ1n) is 26.4. The number of ether oxygens (including phenoxy) is 1. The van der Waals surface area contributed by atoms with Gasteiger partial charge in [-0.2, -0.15) is 26.3 Å². The second kappa shape index (κ2) is 22.0. The Labute approximate surface area is 470 Å². The van der Waals surface area contributed by atoms with E-state index in [9.17, 15) is 40.7 Å². The van der Waals surface area contributed by atoms with Gasteiger partial charge in [-0.25, -0.2) is 33.7 Å². The first-order chi connectivity index (χ1) is 39.6. The molecule has 8 heterocycles. The third kappa shape index (κ3) is 12.1. The standard InChI is InChI=1S/C31H31F3N8O3.C26H23F3N8O/c1-30(2,3)45-29(44)35-16-22-17-41(39-38-22)23-9-5-8-21(15-23)36-28(43)42-24-12-13-40(18-24)26-11-10-25(37-27(26)42)19-6-4-7-20(14-19)31(32,33)34;27-26(28,29)17-4-1-3-16(11-17)22-7-8-23-24(32-22)37(21-9-10-35(23)15-21)25(38)31-18-5-2-6-20(12-18)36-14-19(13-30)33-34-36/h4-11,14-15,17,24H,12-13,16,18H2,1-3H3,(H,35,44)(H,36,43);1-8,11-12,14,21H,9-10,13,15,30H2,(H,31,38)/t24-;21-/m00/s1. The largest absolute Gasteiger partial charge is 0.444 e. The highest BCUT2D eigenvalue weighted by atomic mass is 19.4. The van der Waals surface area contributed by atoms with Crippen molar-refractivity contribution in [2.45, 2.75) is 76.7 Å². The van der Waals surface area contributed by atoms with Crippen LogP contribution in [0.2, 0.25) is 0 Å². The van der Waals surface area contributed by atoms with Crippen LogP contribution in [0.5, 0.6) is 0 Å². The molecule has 4 aromatic carbocycles. The summed E-state index contributed by atoms with van der Waals surface area (Å²) in [6.45, 7) is 8.49. The Morgan fingerprint density at radius 3 is 1.51 bits per heavy atom. The fourth-order valence-electron chi connectivity index (χ4n) is 10.3. The zero-order chi connectivity index (χ0) is 58.4. The summed E-state index contributed by atoms with van der Waals surface area (Å²) in [6, 6.07) is 30.2. The van der Waals surface area contributed by atoms with Gasteiger partial charge in [-0.05, 0) is 119 Å². The summed E-state index contributed by atoms with van der Waals surface area (Å²) in [4.78, 5) is 56.2. The summed E-state index contributed by atoms with van der Waals surface area (Å²) in [5.74, 6) is 0.817. The summed E-state index contributed by atoms with van der Waals surface area (Å²) in [5, 5.41) is 24.8. The number of fused-ring (bicyclic) bond motifs is 8. The van der Waals surface area contributed by atoms with Gasteiger partial charge in [-0.1, -0.05) is 46.8 Å². The third-order valence-corrected chi connectivity index (χ3v) is 14.1. The van der Waals surface area contributed by atoms with Crippen molar-refractivity contribution in [3.8, 4) is 33.9 Å². The molecule has 5 N–H and O–H groups in total. The topological polar surface area (TPSA) is 223 Å². The molecule has 0 radical (unpaired) electrons.